The predicted octanol–water partition coefficient (Wildman–Crippen LogP) is -0.177. The molecule has 0 aliphatic rings. The molecule has 0 bridgehead atoms. The van der Waals surface area contributed by atoms with Gasteiger partial charge >= 0.3 is 7.12 Å². The molecule has 0 saturated carbocycles. The second kappa shape index (κ2) is 3.76. The maximum Gasteiger partial charge on any atom is 0.488 e. The van der Waals surface area contributed by atoms with Crippen LogP contribution in [0.15, 0.2) is 12.1 Å². The van der Waals surface area contributed by atoms with E-state index in [-0.39, 0.29) is 16.8 Å². The third kappa shape index (κ3) is 1.99. The van der Waals surface area contributed by atoms with E-state index in [0.29, 0.717) is 0 Å². The normalized spacial score (nSPS) is 9.92. The zero-order valence-electron chi connectivity index (χ0n) is 7.41. The zero-order valence-corrected chi connectivity index (χ0v) is 7.41. The molecule has 5 heteroatoms. The molecule has 0 saturated heterocycles. The maximum absolute atomic E-state index is 13.1. The van der Waals surface area contributed by atoms with Crippen molar-refractivity contribution < 1.29 is 19.2 Å². The molecule has 0 aromatic heterocycles. The highest BCUT2D eigenvalue weighted by Gasteiger charge is 2.17. The smallest absolute Gasteiger partial charge is 0.488 e. The summed E-state index contributed by atoms with van der Waals surface area (Å²) in [5.41, 5.74) is 0.340. The summed E-state index contributed by atoms with van der Waals surface area (Å²) >= 11 is 0. The second-order valence-electron chi connectivity index (χ2n) is 2.70. The van der Waals surface area contributed by atoms with Gasteiger partial charge in [0, 0.05) is 6.07 Å². The van der Waals surface area contributed by atoms with E-state index in [9.17, 15) is 4.39 Å². The van der Waals surface area contributed by atoms with E-state index in [0.717, 1.165) is 0 Å². The first-order valence-electron chi connectivity index (χ1n) is 3.76. The lowest BCUT2D eigenvalue weighted by molar-refractivity contribution is 0.408. The first-order valence-corrected chi connectivity index (χ1v) is 3.76. The number of methoxy groups -OCH3 is 1. The highest BCUT2D eigenvalue weighted by Crippen LogP contribution is 2.13. The van der Waals surface area contributed by atoms with E-state index in [4.69, 9.17) is 14.8 Å². The van der Waals surface area contributed by atoms with Crippen molar-refractivity contribution in [3.8, 4) is 5.75 Å². The van der Waals surface area contributed by atoms with E-state index in [2.05, 4.69) is 0 Å². The van der Waals surface area contributed by atoms with Crippen molar-refractivity contribution in [3.05, 3.63) is 23.5 Å². The fraction of sp³-hybridized carbons (Fsp3) is 0.250. The molecule has 0 amide bonds. The molecule has 1 rings (SSSR count). The van der Waals surface area contributed by atoms with Gasteiger partial charge in [-0.2, -0.15) is 0 Å². The Morgan fingerprint density at radius 1 is 1.38 bits per heavy atom. The van der Waals surface area contributed by atoms with E-state index < -0.39 is 12.9 Å². The minimum absolute atomic E-state index is 0.122. The lowest BCUT2D eigenvalue weighted by Crippen LogP contribution is -2.32. The average Bonchev–Trinajstić information content (AvgIpc) is 2.09. The van der Waals surface area contributed by atoms with Crippen LogP contribution in [0.25, 0.3) is 0 Å². The van der Waals surface area contributed by atoms with Crippen molar-refractivity contribution in [2.45, 2.75) is 6.92 Å². The van der Waals surface area contributed by atoms with Crippen LogP contribution in [0.2, 0.25) is 0 Å². The van der Waals surface area contributed by atoms with Crippen molar-refractivity contribution >= 4 is 12.6 Å². The monoisotopic (exact) mass is 184 g/mol. The molecule has 2 N–H and O–H groups in total. The number of hydrogen-bond donors (Lipinski definition) is 2. The molecule has 0 aliphatic carbocycles. The molecule has 0 fully saturated rings. The molecule has 0 radical (unpaired) electrons. The Bertz CT molecular complexity index is 315. The summed E-state index contributed by atoms with van der Waals surface area (Å²) in [4.78, 5) is 0. The molecule has 3 nitrogen and oxygen atoms in total. The Morgan fingerprint density at radius 2 is 2.00 bits per heavy atom. The maximum atomic E-state index is 13.1. The molecule has 1 aromatic rings. The molecule has 70 valence electrons. The second-order valence-corrected chi connectivity index (χ2v) is 2.70. The molecule has 0 aliphatic heterocycles. The first kappa shape index (κ1) is 10.0. The Labute approximate surface area is 75.9 Å². The van der Waals surface area contributed by atoms with Crippen molar-refractivity contribution in [3.63, 3.8) is 0 Å². The van der Waals surface area contributed by atoms with Gasteiger partial charge in [-0.05, 0) is 24.0 Å². The highest BCUT2D eigenvalue weighted by atomic mass is 19.1. The van der Waals surface area contributed by atoms with Crippen LogP contribution in [0.4, 0.5) is 4.39 Å². The van der Waals surface area contributed by atoms with Crippen LogP contribution >= 0.6 is 0 Å². The third-order valence-electron chi connectivity index (χ3n) is 1.87. The van der Waals surface area contributed by atoms with Gasteiger partial charge in [-0.15, -0.1) is 0 Å². The minimum atomic E-state index is -1.68. The number of ether oxygens (including phenoxy) is 1. The molecular weight excluding hydrogens is 174 g/mol. The Kier molecular flexibility index (Phi) is 2.90. The fourth-order valence-corrected chi connectivity index (χ4v) is 1.06. The van der Waals surface area contributed by atoms with Crippen molar-refractivity contribution in [1.29, 1.82) is 0 Å². The fourth-order valence-electron chi connectivity index (χ4n) is 1.06. The SMILES string of the molecule is COc1cc(F)c(C)c(B(O)O)c1. The molecular formula is C8H10BFO3. The standard InChI is InChI=1S/C8H10BFO3/c1-5-7(9(11)12)3-6(13-2)4-8(5)10/h3-4,11-12H,1-2H3. The molecule has 0 spiro atoms. The number of halogens is 1. The number of benzene rings is 1. The van der Waals surface area contributed by atoms with Gasteiger partial charge in [-0.3, -0.25) is 0 Å². The van der Waals surface area contributed by atoms with Crippen molar-refractivity contribution in [2.24, 2.45) is 0 Å². The summed E-state index contributed by atoms with van der Waals surface area (Å²) in [6, 6.07) is 2.59. The molecule has 0 unspecified atom stereocenters. The average molecular weight is 184 g/mol. The lowest BCUT2D eigenvalue weighted by Gasteiger charge is -2.08. The van der Waals surface area contributed by atoms with Crippen LogP contribution in [0.1, 0.15) is 5.56 Å². The van der Waals surface area contributed by atoms with Gasteiger partial charge in [0.05, 0.1) is 7.11 Å². The summed E-state index contributed by atoms with van der Waals surface area (Å²) in [7, 11) is -0.290. The summed E-state index contributed by atoms with van der Waals surface area (Å²) in [6.07, 6.45) is 0. The van der Waals surface area contributed by atoms with Crippen LogP contribution in [0.5, 0.6) is 5.75 Å². The van der Waals surface area contributed by atoms with Gasteiger partial charge in [0.1, 0.15) is 11.6 Å². The van der Waals surface area contributed by atoms with Gasteiger partial charge in [-0.1, -0.05) is 0 Å². The minimum Gasteiger partial charge on any atom is -0.497 e. The summed E-state index contributed by atoms with van der Waals surface area (Å²) in [6.45, 7) is 1.48. The van der Waals surface area contributed by atoms with Crippen molar-refractivity contribution in [1.82, 2.24) is 0 Å². The molecule has 13 heavy (non-hydrogen) atoms. The summed E-state index contributed by atoms with van der Waals surface area (Å²) in [5.74, 6) is -0.242. The molecule has 0 heterocycles. The third-order valence-corrected chi connectivity index (χ3v) is 1.87. The zero-order chi connectivity index (χ0) is 10.0. The van der Waals surface area contributed by atoms with Crippen LogP contribution in [0.3, 0.4) is 0 Å². The summed E-state index contributed by atoms with van der Waals surface area (Å²) < 4.78 is 17.9. The van der Waals surface area contributed by atoms with Gasteiger partial charge in [0.2, 0.25) is 0 Å². The molecule has 1 aromatic carbocycles. The van der Waals surface area contributed by atoms with Gasteiger partial charge in [0.15, 0.2) is 0 Å². The van der Waals surface area contributed by atoms with Gasteiger partial charge in [-0.25, -0.2) is 4.39 Å². The quantitative estimate of drug-likeness (QED) is 0.627. The van der Waals surface area contributed by atoms with Crippen LogP contribution < -0.4 is 10.2 Å². The lowest BCUT2D eigenvalue weighted by atomic mass is 9.77. The largest absolute Gasteiger partial charge is 0.497 e. The first-order chi connectivity index (χ1) is 6.06. The highest BCUT2D eigenvalue weighted by molar-refractivity contribution is 6.59. The van der Waals surface area contributed by atoms with Gasteiger partial charge in [0.25, 0.3) is 0 Å². The van der Waals surface area contributed by atoms with E-state index >= 15 is 0 Å². The van der Waals surface area contributed by atoms with Crippen LogP contribution in [0, 0.1) is 12.7 Å². The van der Waals surface area contributed by atoms with Crippen LogP contribution in [-0.2, 0) is 0 Å². The van der Waals surface area contributed by atoms with Crippen LogP contribution in [-0.4, -0.2) is 24.3 Å². The number of hydrogen-bond acceptors (Lipinski definition) is 3. The Balaban J connectivity index is 3.25. The van der Waals surface area contributed by atoms with Crippen molar-refractivity contribution in [2.75, 3.05) is 7.11 Å². The molecule has 0 atom stereocenters. The Morgan fingerprint density at radius 3 is 2.46 bits per heavy atom. The van der Waals surface area contributed by atoms with E-state index in [1.165, 1.54) is 26.2 Å². The van der Waals surface area contributed by atoms with Gasteiger partial charge < -0.3 is 14.8 Å². The van der Waals surface area contributed by atoms with E-state index in [1.54, 1.807) is 0 Å². The summed E-state index contributed by atoms with van der Waals surface area (Å²) in [5, 5.41) is 17.8. The topological polar surface area (TPSA) is 49.7 Å². The van der Waals surface area contributed by atoms with E-state index in [1.807, 2.05) is 0 Å². The predicted molar refractivity (Wildman–Crippen MR) is 47.5 cm³/mol. The number of rotatable bonds is 2. The Hall–Kier alpha value is -1.07.